The number of fused-ring (bicyclic) bond motifs is 1. The fourth-order valence-electron chi connectivity index (χ4n) is 4.68. The lowest BCUT2D eigenvalue weighted by Gasteiger charge is -2.18. The van der Waals surface area contributed by atoms with E-state index in [9.17, 15) is 41.1 Å². The van der Waals surface area contributed by atoms with Crippen molar-refractivity contribution in [2.75, 3.05) is 26.1 Å². The Labute approximate surface area is 293 Å². The van der Waals surface area contributed by atoms with Crippen molar-refractivity contribution in [2.45, 2.75) is 11.1 Å². The van der Waals surface area contributed by atoms with Gasteiger partial charge in [0, 0.05) is 16.8 Å². The summed E-state index contributed by atoms with van der Waals surface area (Å²) in [5, 5.41) is 28.1. The molecule has 0 saturated carbocycles. The lowest BCUT2D eigenvalue weighted by molar-refractivity contribution is -0.192. The van der Waals surface area contributed by atoms with Gasteiger partial charge in [-0.05, 0) is 83.6 Å². The van der Waals surface area contributed by atoms with Crippen LogP contribution in [0.2, 0.25) is 0 Å². The van der Waals surface area contributed by atoms with E-state index in [-0.39, 0.29) is 50.3 Å². The molecule has 12 nitrogen and oxygen atoms in total. The number of nitriles is 1. The molecule has 0 aliphatic rings. The summed E-state index contributed by atoms with van der Waals surface area (Å²) in [7, 11) is -0.257. The maximum atomic E-state index is 14.3. The fraction of sp³-hybridized carbons (Fsp3) is 0.114. The topological polar surface area (TPSA) is 181 Å². The molecule has 0 radical (unpaired) electrons. The van der Waals surface area contributed by atoms with Crippen LogP contribution in [0.3, 0.4) is 0 Å². The number of nitrogens with one attached hydrogen (secondary N) is 1. The van der Waals surface area contributed by atoms with E-state index in [1.165, 1.54) is 63.8 Å². The van der Waals surface area contributed by atoms with E-state index in [4.69, 9.17) is 28.8 Å². The van der Waals surface area contributed by atoms with Gasteiger partial charge in [-0.25, -0.2) is 22.4 Å². The monoisotopic (exact) mass is 742 g/mol. The summed E-state index contributed by atoms with van der Waals surface area (Å²) in [5.74, 6) is -4.04. The van der Waals surface area contributed by atoms with Gasteiger partial charge in [0.15, 0.2) is 23.1 Å². The standard InChI is InChI=1S/C33H25FN2O8S.C2HF3O2/c1-41-30-11-9-24(15-28(30)34)45(39,40)36-22-7-10-29(44-23-8-6-20-12-19(18-35)4-5-21(20)13-23)26(14-22)25-16-31(42-2)32(43-3)17-27(25)33(37)38;3-2(4,5)1(6)7/h4-17,36H,1-3H3,(H,37,38);(H,6,7). The number of alkyl halides is 3. The number of methoxy groups -OCH3 is 3. The van der Waals surface area contributed by atoms with E-state index >= 15 is 0 Å². The number of anilines is 1. The molecule has 5 aromatic rings. The van der Waals surface area contributed by atoms with Gasteiger partial charge in [-0.3, -0.25) is 4.72 Å². The second-order valence-corrected chi connectivity index (χ2v) is 12.1. The number of carboxylic acids is 2. The molecule has 0 amide bonds. The number of carbonyl (C=O) groups is 2. The second kappa shape index (κ2) is 15.6. The third kappa shape index (κ3) is 8.78. The van der Waals surface area contributed by atoms with Crippen LogP contribution in [0.25, 0.3) is 21.9 Å². The number of aliphatic carboxylic acids is 1. The van der Waals surface area contributed by atoms with Gasteiger partial charge in [0.1, 0.15) is 11.5 Å². The molecule has 0 atom stereocenters. The molecular formula is C35H26F4N2O10S. The molecule has 0 aliphatic carbocycles. The normalized spacial score (nSPS) is 11.0. The van der Waals surface area contributed by atoms with Crippen LogP contribution in [0.4, 0.5) is 23.2 Å². The minimum atomic E-state index is -5.08. The summed E-state index contributed by atoms with van der Waals surface area (Å²) < 4.78 is 96.7. The third-order valence-corrected chi connectivity index (χ3v) is 8.50. The van der Waals surface area contributed by atoms with E-state index in [1.807, 2.05) is 0 Å². The van der Waals surface area contributed by atoms with Crippen LogP contribution in [0.15, 0.2) is 89.8 Å². The first-order chi connectivity index (χ1) is 24.5. The summed E-state index contributed by atoms with van der Waals surface area (Å²) in [5.41, 5.74) is 0.726. The van der Waals surface area contributed by atoms with E-state index in [2.05, 4.69) is 10.8 Å². The molecule has 17 heteroatoms. The van der Waals surface area contributed by atoms with Gasteiger partial charge in [0.05, 0.1) is 43.4 Å². The average molecular weight is 743 g/mol. The molecule has 52 heavy (non-hydrogen) atoms. The highest BCUT2D eigenvalue weighted by atomic mass is 32.2. The lowest BCUT2D eigenvalue weighted by atomic mass is 9.97. The van der Waals surface area contributed by atoms with Crippen LogP contribution in [0.5, 0.6) is 28.7 Å². The number of benzene rings is 5. The maximum Gasteiger partial charge on any atom is 0.490 e. The molecule has 0 saturated heterocycles. The highest BCUT2D eigenvalue weighted by molar-refractivity contribution is 7.92. The number of ether oxygens (including phenoxy) is 4. The number of hydrogen-bond donors (Lipinski definition) is 3. The van der Waals surface area contributed by atoms with Crippen molar-refractivity contribution in [1.29, 1.82) is 5.26 Å². The van der Waals surface area contributed by atoms with E-state index in [0.717, 1.165) is 16.8 Å². The van der Waals surface area contributed by atoms with Crippen molar-refractivity contribution in [3.8, 4) is 45.9 Å². The van der Waals surface area contributed by atoms with Crippen LogP contribution < -0.4 is 23.7 Å². The molecule has 0 unspecified atom stereocenters. The Bertz CT molecular complexity index is 2320. The Morgan fingerprint density at radius 2 is 1.35 bits per heavy atom. The molecule has 270 valence electrons. The number of halogens is 4. The number of aromatic carboxylic acids is 1. The molecule has 0 aliphatic heterocycles. The summed E-state index contributed by atoms with van der Waals surface area (Å²) in [6, 6.07) is 22.8. The Kier molecular flexibility index (Phi) is 11.5. The van der Waals surface area contributed by atoms with Gasteiger partial charge in [-0.1, -0.05) is 12.1 Å². The molecule has 3 N–H and O–H groups in total. The molecule has 0 bridgehead atoms. The largest absolute Gasteiger partial charge is 0.494 e. The fourth-order valence-corrected chi connectivity index (χ4v) is 5.74. The van der Waals surface area contributed by atoms with Gasteiger partial charge in [-0.2, -0.15) is 18.4 Å². The molecule has 0 aromatic heterocycles. The first-order valence-electron chi connectivity index (χ1n) is 14.4. The Hall–Kier alpha value is -6.54. The maximum absolute atomic E-state index is 14.3. The summed E-state index contributed by atoms with van der Waals surface area (Å²) in [4.78, 5) is 20.9. The number of carboxylic acid groups (broad SMARTS) is 2. The smallest absolute Gasteiger partial charge is 0.490 e. The molecular weight excluding hydrogens is 716 g/mol. The number of hydrogen-bond acceptors (Lipinski definition) is 9. The predicted octanol–water partition coefficient (Wildman–Crippen LogP) is 7.47. The quantitative estimate of drug-likeness (QED) is 0.121. The number of rotatable bonds is 10. The van der Waals surface area contributed by atoms with Crippen molar-refractivity contribution < 1.29 is 64.7 Å². The van der Waals surface area contributed by atoms with Gasteiger partial charge >= 0.3 is 18.1 Å². The highest BCUT2D eigenvalue weighted by Crippen LogP contribution is 2.42. The van der Waals surface area contributed by atoms with Crippen molar-refractivity contribution in [2.24, 2.45) is 0 Å². The minimum absolute atomic E-state index is 0.0437. The van der Waals surface area contributed by atoms with E-state index < -0.39 is 34.0 Å². The number of nitrogens with zero attached hydrogens (tertiary/aromatic N) is 1. The predicted molar refractivity (Wildman–Crippen MR) is 178 cm³/mol. The van der Waals surface area contributed by atoms with Gasteiger partial charge in [0.2, 0.25) is 0 Å². The first-order valence-corrected chi connectivity index (χ1v) is 15.9. The van der Waals surface area contributed by atoms with Crippen molar-refractivity contribution in [1.82, 2.24) is 0 Å². The number of sulfonamides is 1. The van der Waals surface area contributed by atoms with Crippen LogP contribution in [-0.4, -0.2) is 58.1 Å². The second-order valence-electron chi connectivity index (χ2n) is 10.4. The molecule has 5 aromatic carbocycles. The zero-order valence-electron chi connectivity index (χ0n) is 27.1. The Morgan fingerprint density at radius 1 is 0.750 bits per heavy atom. The molecule has 0 fully saturated rings. The van der Waals surface area contributed by atoms with Crippen molar-refractivity contribution >= 4 is 38.4 Å². The highest BCUT2D eigenvalue weighted by Gasteiger charge is 2.38. The average Bonchev–Trinajstić information content (AvgIpc) is 3.11. The SMILES string of the molecule is COc1ccc(S(=O)(=O)Nc2ccc(Oc3ccc4cc(C#N)ccc4c3)c(-c3cc(OC)c(OC)cc3C(=O)O)c2)cc1F.O=C(O)C(F)(F)F. The van der Waals surface area contributed by atoms with Gasteiger partial charge in [0.25, 0.3) is 10.0 Å². The summed E-state index contributed by atoms with van der Waals surface area (Å²) >= 11 is 0. The zero-order chi connectivity index (χ0) is 38.4. The lowest BCUT2D eigenvalue weighted by Crippen LogP contribution is -2.21. The molecule has 0 heterocycles. The summed E-state index contributed by atoms with van der Waals surface area (Å²) in [6.45, 7) is 0. The van der Waals surface area contributed by atoms with Crippen LogP contribution in [-0.2, 0) is 14.8 Å². The zero-order valence-corrected chi connectivity index (χ0v) is 27.9. The van der Waals surface area contributed by atoms with Crippen LogP contribution in [0, 0.1) is 17.1 Å². The Morgan fingerprint density at radius 3 is 1.92 bits per heavy atom. The van der Waals surface area contributed by atoms with Crippen molar-refractivity contribution in [3.05, 3.63) is 102 Å². The first kappa shape index (κ1) is 38.3. The van der Waals surface area contributed by atoms with Gasteiger partial charge in [-0.15, -0.1) is 0 Å². The van der Waals surface area contributed by atoms with Crippen LogP contribution >= 0.6 is 0 Å². The van der Waals surface area contributed by atoms with E-state index in [0.29, 0.717) is 11.3 Å². The minimum Gasteiger partial charge on any atom is -0.494 e. The van der Waals surface area contributed by atoms with Crippen LogP contribution in [0.1, 0.15) is 15.9 Å². The van der Waals surface area contributed by atoms with Crippen molar-refractivity contribution in [3.63, 3.8) is 0 Å². The van der Waals surface area contributed by atoms with E-state index in [1.54, 1.807) is 36.4 Å². The molecule has 0 spiro atoms. The summed E-state index contributed by atoms with van der Waals surface area (Å²) in [6.07, 6.45) is -5.08. The third-order valence-electron chi connectivity index (χ3n) is 7.12. The Balaban J connectivity index is 0.000000785. The molecule has 5 rings (SSSR count). The van der Waals surface area contributed by atoms with Gasteiger partial charge < -0.3 is 29.2 Å².